The first-order valence-electron chi connectivity index (χ1n) is 13.7. The maximum absolute atomic E-state index is 13.7. The first kappa shape index (κ1) is 28.5. The number of primary amides is 1. The van der Waals surface area contributed by atoms with Gasteiger partial charge in [0.15, 0.2) is 0 Å². The van der Waals surface area contributed by atoms with E-state index in [0.29, 0.717) is 53.8 Å². The van der Waals surface area contributed by atoms with Crippen molar-refractivity contribution in [1.29, 1.82) is 0 Å². The molecule has 2 fully saturated rings. The topological polar surface area (TPSA) is 75.9 Å². The fourth-order valence-electron chi connectivity index (χ4n) is 6.79. The molecule has 2 amide bonds. The zero-order valence-corrected chi connectivity index (χ0v) is 24.4. The number of carbonyl (C=O) groups is 2. The van der Waals surface area contributed by atoms with Crippen LogP contribution in [0.3, 0.4) is 0 Å². The number of benzene rings is 3. The molecule has 3 unspecified atom stereocenters. The summed E-state index contributed by atoms with van der Waals surface area (Å²) in [5.41, 5.74) is 7.48. The number of methoxy groups -OCH3 is 1. The Morgan fingerprint density at radius 3 is 2.30 bits per heavy atom. The van der Waals surface area contributed by atoms with Crippen LogP contribution in [-0.2, 0) is 15.6 Å². The van der Waals surface area contributed by atoms with Crippen molar-refractivity contribution in [1.82, 2.24) is 9.80 Å². The van der Waals surface area contributed by atoms with Gasteiger partial charge in [0, 0.05) is 30.1 Å². The minimum absolute atomic E-state index is 0.0346. The molecule has 0 saturated carbocycles. The van der Waals surface area contributed by atoms with E-state index in [-0.39, 0.29) is 17.9 Å². The van der Waals surface area contributed by atoms with Crippen LogP contribution in [0.15, 0.2) is 72.8 Å². The van der Waals surface area contributed by atoms with E-state index in [4.69, 9.17) is 33.7 Å². The van der Waals surface area contributed by atoms with Gasteiger partial charge in [-0.3, -0.25) is 14.5 Å². The van der Waals surface area contributed by atoms with Crippen LogP contribution in [0.5, 0.6) is 5.75 Å². The molecule has 3 aromatic carbocycles. The third-order valence-electron chi connectivity index (χ3n) is 9.07. The molecule has 0 aliphatic carbocycles. The minimum Gasteiger partial charge on any atom is -0.497 e. The largest absolute Gasteiger partial charge is 0.497 e. The van der Waals surface area contributed by atoms with Crippen molar-refractivity contribution in [2.24, 2.45) is 5.73 Å². The number of likely N-dealkylation sites (tertiary alicyclic amines) is 2. The number of nitrogens with zero attached hydrogens (tertiary/aromatic N) is 2. The van der Waals surface area contributed by atoms with Crippen molar-refractivity contribution in [3.8, 4) is 5.75 Å². The second-order valence-electron chi connectivity index (χ2n) is 10.9. The zero-order chi connectivity index (χ0) is 28.5. The van der Waals surface area contributed by atoms with Gasteiger partial charge in [0.05, 0.1) is 22.6 Å². The van der Waals surface area contributed by atoms with Gasteiger partial charge in [-0.25, -0.2) is 0 Å². The molecule has 210 valence electrons. The molecule has 3 aromatic rings. The lowest BCUT2D eigenvalue weighted by molar-refractivity contribution is -0.127. The Morgan fingerprint density at radius 1 is 0.950 bits per heavy atom. The Labute approximate surface area is 246 Å². The van der Waals surface area contributed by atoms with Gasteiger partial charge in [0.25, 0.3) is 5.91 Å². The third-order valence-corrected chi connectivity index (χ3v) is 9.81. The molecule has 2 aliphatic rings. The Hall–Kier alpha value is -3.06. The molecule has 2 aliphatic heterocycles. The highest BCUT2D eigenvalue weighted by atomic mass is 35.5. The van der Waals surface area contributed by atoms with Crippen LogP contribution in [0.2, 0.25) is 10.0 Å². The Balaban J connectivity index is 1.59. The highest BCUT2D eigenvalue weighted by Gasteiger charge is 2.55. The zero-order valence-electron chi connectivity index (χ0n) is 22.9. The summed E-state index contributed by atoms with van der Waals surface area (Å²) in [6, 6.07) is 22.8. The number of hydrogen-bond acceptors (Lipinski definition) is 4. The van der Waals surface area contributed by atoms with Crippen LogP contribution in [0, 0.1) is 0 Å². The molecule has 3 atom stereocenters. The van der Waals surface area contributed by atoms with Crippen LogP contribution in [-0.4, -0.2) is 60.9 Å². The summed E-state index contributed by atoms with van der Waals surface area (Å²) < 4.78 is 5.27. The average molecular weight is 581 g/mol. The number of rotatable bonds is 7. The van der Waals surface area contributed by atoms with Crippen LogP contribution >= 0.6 is 23.2 Å². The highest BCUT2D eigenvalue weighted by molar-refractivity contribution is 6.42. The van der Waals surface area contributed by atoms with Gasteiger partial charge >= 0.3 is 0 Å². The minimum atomic E-state index is -0.811. The normalized spacial score (nSPS) is 25.1. The van der Waals surface area contributed by atoms with Crippen molar-refractivity contribution >= 4 is 35.0 Å². The number of carbonyl (C=O) groups excluding carboxylic acids is 2. The third kappa shape index (κ3) is 4.98. The standard InChI is InChI=1S/C32H35Cl2N3O3/c1-3-36-17-15-31(30(35)39,23-7-5-4-6-8-23)20-28(36)32(24-11-14-26(33)27(34)19-24)16-18-37(21-32)29(38)22-9-12-25(40-2)13-10-22/h4-14,19,28H,3,15-18,20-21H2,1-2H3,(H2,35,39). The lowest BCUT2D eigenvalue weighted by atomic mass is 9.61. The molecule has 5 rings (SSSR count). The second kappa shape index (κ2) is 11.4. The van der Waals surface area contributed by atoms with E-state index >= 15 is 0 Å². The number of ether oxygens (including phenoxy) is 1. The molecule has 40 heavy (non-hydrogen) atoms. The molecule has 2 saturated heterocycles. The molecule has 2 N–H and O–H groups in total. The van der Waals surface area contributed by atoms with Crippen LogP contribution in [0.25, 0.3) is 0 Å². The van der Waals surface area contributed by atoms with E-state index in [1.165, 1.54) is 0 Å². The van der Waals surface area contributed by atoms with Gasteiger partial charge in [0.2, 0.25) is 5.91 Å². The van der Waals surface area contributed by atoms with E-state index in [2.05, 4.69) is 11.8 Å². The van der Waals surface area contributed by atoms with Crippen molar-refractivity contribution < 1.29 is 14.3 Å². The highest BCUT2D eigenvalue weighted by Crippen LogP contribution is 2.49. The summed E-state index contributed by atoms with van der Waals surface area (Å²) in [5.74, 6) is 0.355. The van der Waals surface area contributed by atoms with Gasteiger partial charge in [-0.15, -0.1) is 0 Å². The first-order valence-corrected chi connectivity index (χ1v) is 14.5. The number of piperidine rings is 1. The number of hydrogen-bond donors (Lipinski definition) is 1. The molecular weight excluding hydrogens is 545 g/mol. The smallest absolute Gasteiger partial charge is 0.253 e. The van der Waals surface area contributed by atoms with Gasteiger partial charge in [-0.1, -0.05) is 66.5 Å². The van der Waals surface area contributed by atoms with Crippen molar-refractivity contribution in [3.05, 3.63) is 99.5 Å². The molecule has 0 bridgehead atoms. The van der Waals surface area contributed by atoms with Gasteiger partial charge in [0.1, 0.15) is 5.75 Å². The van der Waals surface area contributed by atoms with Crippen molar-refractivity contribution in [3.63, 3.8) is 0 Å². The fraction of sp³-hybridized carbons (Fsp3) is 0.375. The van der Waals surface area contributed by atoms with Gasteiger partial charge < -0.3 is 15.4 Å². The predicted molar refractivity (Wildman–Crippen MR) is 159 cm³/mol. The number of nitrogens with two attached hydrogens (primary N) is 1. The Morgan fingerprint density at radius 2 is 1.68 bits per heavy atom. The number of amides is 2. The molecule has 6 nitrogen and oxygen atoms in total. The molecule has 0 spiro atoms. The second-order valence-corrected chi connectivity index (χ2v) is 11.7. The van der Waals surface area contributed by atoms with Crippen LogP contribution < -0.4 is 10.5 Å². The number of halogens is 2. The van der Waals surface area contributed by atoms with E-state index in [1.54, 1.807) is 31.4 Å². The summed E-state index contributed by atoms with van der Waals surface area (Å²) in [6.07, 6.45) is 1.91. The molecule has 0 radical (unpaired) electrons. The fourth-order valence-corrected chi connectivity index (χ4v) is 7.09. The Bertz CT molecular complexity index is 1380. The summed E-state index contributed by atoms with van der Waals surface area (Å²) in [7, 11) is 1.61. The van der Waals surface area contributed by atoms with Crippen LogP contribution in [0.4, 0.5) is 0 Å². The van der Waals surface area contributed by atoms with Crippen molar-refractivity contribution in [2.75, 3.05) is 33.3 Å². The lowest BCUT2D eigenvalue weighted by Crippen LogP contribution is -2.61. The summed E-state index contributed by atoms with van der Waals surface area (Å²) in [5, 5.41) is 0.957. The molecule has 0 aromatic heterocycles. The van der Waals surface area contributed by atoms with E-state index in [0.717, 1.165) is 24.1 Å². The monoisotopic (exact) mass is 579 g/mol. The van der Waals surface area contributed by atoms with Crippen LogP contribution in [0.1, 0.15) is 47.7 Å². The van der Waals surface area contributed by atoms with Gasteiger partial charge in [-0.05, 0) is 79.9 Å². The number of likely N-dealkylation sites (N-methyl/N-ethyl adjacent to an activating group) is 1. The summed E-state index contributed by atoms with van der Waals surface area (Å²) in [4.78, 5) is 31.4. The lowest BCUT2D eigenvalue weighted by Gasteiger charge is -2.52. The predicted octanol–water partition coefficient (Wildman–Crippen LogP) is 5.69. The van der Waals surface area contributed by atoms with Gasteiger partial charge in [-0.2, -0.15) is 0 Å². The van der Waals surface area contributed by atoms with E-state index in [9.17, 15) is 9.59 Å². The van der Waals surface area contributed by atoms with E-state index < -0.39 is 10.8 Å². The summed E-state index contributed by atoms with van der Waals surface area (Å²) in [6.45, 7) is 4.73. The first-order chi connectivity index (χ1) is 19.2. The molecular formula is C32H35Cl2N3O3. The average Bonchev–Trinajstić information content (AvgIpc) is 3.44. The molecule has 8 heteroatoms. The van der Waals surface area contributed by atoms with E-state index in [1.807, 2.05) is 53.4 Å². The molecule has 2 heterocycles. The maximum Gasteiger partial charge on any atom is 0.253 e. The quantitative estimate of drug-likeness (QED) is 0.390. The SMILES string of the molecule is CCN1CCC(C(N)=O)(c2ccccc2)CC1C1(c2ccc(Cl)c(Cl)c2)CCN(C(=O)c2ccc(OC)cc2)C1. The summed E-state index contributed by atoms with van der Waals surface area (Å²) >= 11 is 12.9. The van der Waals surface area contributed by atoms with Crippen molar-refractivity contribution in [2.45, 2.75) is 43.1 Å². The maximum atomic E-state index is 13.7. The Kier molecular flexibility index (Phi) is 8.14.